The first kappa shape index (κ1) is 17.9. The predicted octanol–water partition coefficient (Wildman–Crippen LogP) is 3.01. The van der Waals surface area contributed by atoms with Gasteiger partial charge in [-0.25, -0.2) is 9.29 Å². The average Bonchev–Trinajstić information content (AvgIpc) is 3.24. The van der Waals surface area contributed by atoms with Crippen molar-refractivity contribution in [2.45, 2.75) is 25.4 Å². The zero-order valence-corrected chi connectivity index (χ0v) is 15.9. The molecule has 3 aromatic rings. The molecular weight excluding hydrogens is 373 g/mol. The number of hydrogen-bond donors (Lipinski definition) is 1. The molecule has 1 atom stereocenters. The van der Waals surface area contributed by atoms with Crippen molar-refractivity contribution < 1.29 is 18.7 Å². The van der Waals surface area contributed by atoms with Gasteiger partial charge in [-0.15, -0.1) is 0 Å². The van der Waals surface area contributed by atoms with Gasteiger partial charge in [-0.2, -0.15) is 0 Å². The molecule has 1 saturated heterocycles. The zero-order valence-electron chi connectivity index (χ0n) is 15.9. The summed E-state index contributed by atoms with van der Waals surface area (Å²) >= 11 is 0. The quantitative estimate of drug-likeness (QED) is 0.695. The van der Waals surface area contributed by atoms with Gasteiger partial charge in [0.15, 0.2) is 0 Å². The molecule has 0 spiro atoms. The van der Waals surface area contributed by atoms with Crippen LogP contribution < -0.4 is 9.64 Å². The van der Waals surface area contributed by atoms with E-state index in [9.17, 15) is 14.0 Å². The van der Waals surface area contributed by atoms with Crippen LogP contribution in [0.4, 0.5) is 10.1 Å². The number of halogens is 1. The van der Waals surface area contributed by atoms with Gasteiger partial charge in [-0.05, 0) is 35.9 Å². The van der Waals surface area contributed by atoms with Gasteiger partial charge in [0, 0.05) is 42.2 Å². The van der Waals surface area contributed by atoms with E-state index >= 15 is 0 Å². The molecule has 3 heterocycles. The lowest BCUT2D eigenvalue weighted by molar-refractivity contribution is -0.123. The predicted molar refractivity (Wildman–Crippen MR) is 106 cm³/mol. The van der Waals surface area contributed by atoms with Crippen LogP contribution in [0.5, 0.6) is 5.75 Å². The van der Waals surface area contributed by atoms with Crippen LogP contribution in [-0.4, -0.2) is 41.4 Å². The van der Waals surface area contributed by atoms with Gasteiger partial charge in [-0.3, -0.25) is 14.5 Å². The first-order valence-electron chi connectivity index (χ1n) is 9.59. The highest BCUT2D eigenvalue weighted by Crippen LogP contribution is 2.33. The van der Waals surface area contributed by atoms with E-state index in [1.165, 1.54) is 17.0 Å². The molecule has 1 aromatic heterocycles. The van der Waals surface area contributed by atoms with Gasteiger partial charge in [0.1, 0.15) is 11.6 Å². The van der Waals surface area contributed by atoms with Crippen molar-refractivity contribution in [3.63, 3.8) is 0 Å². The number of methoxy groups -OCH3 is 1. The third-order valence-corrected chi connectivity index (χ3v) is 5.84. The number of nitrogens with one attached hydrogen (secondary N) is 1. The number of H-pyrrole nitrogens is 1. The lowest BCUT2D eigenvalue weighted by atomic mass is 10.0. The summed E-state index contributed by atoms with van der Waals surface area (Å²) in [4.78, 5) is 32.4. The molecule has 5 rings (SSSR count). The van der Waals surface area contributed by atoms with Crippen molar-refractivity contribution in [2.75, 3.05) is 18.6 Å². The summed E-state index contributed by atoms with van der Waals surface area (Å²) in [5, 5.41) is 0.839. The van der Waals surface area contributed by atoms with Crippen LogP contribution in [0.1, 0.15) is 17.7 Å². The summed E-state index contributed by atoms with van der Waals surface area (Å²) in [5.74, 6) is -0.135. The first-order chi connectivity index (χ1) is 14.0. The van der Waals surface area contributed by atoms with Gasteiger partial charge in [0.25, 0.3) is 5.91 Å². The minimum Gasteiger partial charge on any atom is -0.497 e. The molecule has 1 fully saturated rings. The van der Waals surface area contributed by atoms with E-state index < -0.39 is 6.04 Å². The molecule has 0 aliphatic carbocycles. The Kier molecular flexibility index (Phi) is 4.13. The second kappa shape index (κ2) is 6.70. The van der Waals surface area contributed by atoms with E-state index in [0.717, 1.165) is 28.6 Å². The first-order valence-corrected chi connectivity index (χ1v) is 9.59. The van der Waals surface area contributed by atoms with Crippen LogP contribution in [0.2, 0.25) is 0 Å². The van der Waals surface area contributed by atoms with Gasteiger partial charge in [0.2, 0.25) is 5.91 Å². The van der Waals surface area contributed by atoms with E-state index in [2.05, 4.69) is 4.98 Å². The number of imide groups is 1. The Balaban J connectivity index is 1.44. The van der Waals surface area contributed by atoms with Gasteiger partial charge >= 0.3 is 0 Å². The number of hydrogen-bond acceptors (Lipinski definition) is 4. The van der Waals surface area contributed by atoms with E-state index in [1.54, 1.807) is 37.4 Å². The molecule has 0 saturated carbocycles. The Morgan fingerprint density at radius 2 is 2.03 bits per heavy atom. The van der Waals surface area contributed by atoms with Gasteiger partial charge in [-0.1, -0.05) is 6.07 Å². The van der Waals surface area contributed by atoms with E-state index in [0.29, 0.717) is 24.5 Å². The number of nitrogens with zero attached hydrogens (tertiary/aromatic N) is 2. The van der Waals surface area contributed by atoms with Crippen LogP contribution in [0.15, 0.2) is 42.5 Å². The number of carbonyl (C=O) groups excluding carboxylic acids is 2. The lowest BCUT2D eigenvalue weighted by Gasteiger charge is -2.31. The normalized spacial score (nSPS) is 19.8. The average molecular weight is 393 g/mol. The molecule has 6 nitrogen and oxygen atoms in total. The fourth-order valence-corrected chi connectivity index (χ4v) is 4.40. The Morgan fingerprint density at radius 3 is 2.86 bits per heavy atom. The SMILES string of the molecule is COc1cccc(N2C(=O)C[C@@H](N3CCc4[nH]c5ccc(F)cc5c4C3)C2=O)c1. The number of anilines is 1. The van der Waals surface area contributed by atoms with Crippen LogP contribution in [0, 0.1) is 5.82 Å². The Hall–Kier alpha value is -3.19. The highest BCUT2D eigenvalue weighted by Gasteiger charge is 2.43. The number of amides is 2. The highest BCUT2D eigenvalue weighted by atomic mass is 19.1. The minimum atomic E-state index is -0.514. The minimum absolute atomic E-state index is 0.141. The summed E-state index contributed by atoms with van der Waals surface area (Å²) in [5.41, 5.74) is 3.49. The summed E-state index contributed by atoms with van der Waals surface area (Å²) in [6, 6.07) is 11.1. The van der Waals surface area contributed by atoms with Gasteiger partial charge in [0.05, 0.1) is 25.3 Å². The summed E-state index contributed by atoms with van der Waals surface area (Å²) < 4.78 is 19.0. The molecule has 0 radical (unpaired) electrons. The number of fused-ring (bicyclic) bond motifs is 3. The molecular formula is C22H20FN3O3. The molecule has 29 heavy (non-hydrogen) atoms. The van der Waals surface area contributed by atoms with Crippen LogP contribution >= 0.6 is 0 Å². The number of rotatable bonds is 3. The third kappa shape index (κ3) is 2.89. The van der Waals surface area contributed by atoms with Crippen molar-refractivity contribution >= 4 is 28.4 Å². The fourth-order valence-electron chi connectivity index (χ4n) is 4.40. The van der Waals surface area contributed by atoms with Crippen LogP contribution in [-0.2, 0) is 22.6 Å². The number of carbonyl (C=O) groups is 2. The van der Waals surface area contributed by atoms with Crippen LogP contribution in [0.3, 0.4) is 0 Å². The molecule has 7 heteroatoms. The zero-order chi connectivity index (χ0) is 20.1. The fraction of sp³-hybridized carbons (Fsp3) is 0.273. The van der Waals surface area contributed by atoms with Crippen molar-refractivity contribution in [1.82, 2.24) is 9.88 Å². The third-order valence-electron chi connectivity index (χ3n) is 5.84. The molecule has 2 aromatic carbocycles. The topological polar surface area (TPSA) is 65.6 Å². The second-order valence-corrected chi connectivity index (χ2v) is 7.48. The molecule has 1 N–H and O–H groups in total. The lowest BCUT2D eigenvalue weighted by Crippen LogP contribution is -2.44. The van der Waals surface area contributed by atoms with Crippen molar-refractivity contribution in [2.24, 2.45) is 0 Å². The Labute approximate surface area is 166 Å². The van der Waals surface area contributed by atoms with Gasteiger partial charge < -0.3 is 9.72 Å². The number of aromatic nitrogens is 1. The van der Waals surface area contributed by atoms with Crippen LogP contribution in [0.25, 0.3) is 10.9 Å². The Morgan fingerprint density at radius 1 is 1.17 bits per heavy atom. The van der Waals surface area contributed by atoms with E-state index in [4.69, 9.17) is 4.74 Å². The highest BCUT2D eigenvalue weighted by molar-refractivity contribution is 6.22. The molecule has 0 bridgehead atoms. The molecule has 148 valence electrons. The van der Waals surface area contributed by atoms with Crippen molar-refractivity contribution in [3.05, 3.63) is 59.5 Å². The summed E-state index contributed by atoms with van der Waals surface area (Å²) in [7, 11) is 1.55. The maximum Gasteiger partial charge on any atom is 0.251 e. The largest absolute Gasteiger partial charge is 0.497 e. The molecule has 2 amide bonds. The summed E-state index contributed by atoms with van der Waals surface area (Å²) in [6.45, 7) is 1.17. The van der Waals surface area contributed by atoms with E-state index in [1.807, 2.05) is 4.90 Å². The Bertz CT molecular complexity index is 1140. The number of benzene rings is 2. The molecule has 2 aliphatic heterocycles. The van der Waals surface area contributed by atoms with Crippen molar-refractivity contribution in [1.29, 1.82) is 0 Å². The maximum atomic E-state index is 13.8. The number of ether oxygens (including phenoxy) is 1. The standard InChI is InChI=1S/C22H20FN3O3/c1-29-15-4-2-3-14(10-15)26-21(27)11-20(22(26)28)25-8-7-19-17(12-25)16-9-13(23)5-6-18(16)24-19/h2-6,9-10,20,24H,7-8,11-12H2,1H3/t20-/m1/s1. The molecule has 0 unspecified atom stereocenters. The summed E-state index contributed by atoms with van der Waals surface area (Å²) in [6.07, 6.45) is 0.866. The molecule has 2 aliphatic rings. The second-order valence-electron chi connectivity index (χ2n) is 7.48. The number of aromatic amines is 1. The monoisotopic (exact) mass is 393 g/mol. The smallest absolute Gasteiger partial charge is 0.251 e. The van der Waals surface area contributed by atoms with E-state index in [-0.39, 0.29) is 24.1 Å². The maximum absolute atomic E-state index is 13.8. The van der Waals surface area contributed by atoms with Crippen molar-refractivity contribution in [3.8, 4) is 5.75 Å².